The molecule has 1 aliphatic heterocycles. The summed E-state index contributed by atoms with van der Waals surface area (Å²) >= 11 is 0. The highest BCUT2D eigenvalue weighted by Crippen LogP contribution is 2.36. The van der Waals surface area contributed by atoms with E-state index in [4.69, 9.17) is 5.11 Å². The Morgan fingerprint density at radius 3 is 2.57 bits per heavy atom. The minimum Gasteiger partial charge on any atom is -0.395 e. The summed E-state index contributed by atoms with van der Waals surface area (Å²) in [4.78, 5) is 14.5. The molecule has 0 aliphatic carbocycles. The number of aliphatic hydroxyl groups excluding tert-OH is 1. The number of aliphatic hydroxyl groups is 1. The minimum atomic E-state index is -4.36. The molecule has 0 fully saturated rings. The fourth-order valence-electron chi connectivity index (χ4n) is 4.61. The molecule has 0 aromatic heterocycles. The molecule has 1 atom stereocenters. The van der Waals surface area contributed by atoms with Gasteiger partial charge in [-0.25, -0.2) is 0 Å². The molecule has 1 aliphatic rings. The third-order valence-corrected chi connectivity index (χ3v) is 6.15. The zero-order valence-electron chi connectivity index (χ0n) is 19.3. The van der Waals surface area contributed by atoms with Gasteiger partial charge in [-0.15, -0.1) is 12.4 Å². The Hall–Kier alpha value is -2.87. The van der Waals surface area contributed by atoms with E-state index in [2.05, 4.69) is 23.2 Å². The molecule has 3 aromatic rings. The van der Waals surface area contributed by atoms with Crippen LogP contribution in [0, 0.1) is 0 Å². The van der Waals surface area contributed by atoms with Crippen LogP contribution in [0.5, 0.6) is 0 Å². The summed E-state index contributed by atoms with van der Waals surface area (Å²) in [6.07, 6.45) is -4.36. The van der Waals surface area contributed by atoms with E-state index < -0.39 is 11.7 Å². The summed E-state index contributed by atoms with van der Waals surface area (Å²) in [5.41, 5.74) is 4.76. The second-order valence-electron chi connectivity index (χ2n) is 8.70. The second-order valence-corrected chi connectivity index (χ2v) is 8.70. The first-order valence-corrected chi connectivity index (χ1v) is 11.3. The van der Waals surface area contributed by atoms with Crippen molar-refractivity contribution in [2.45, 2.75) is 32.1 Å². The predicted octanol–water partition coefficient (Wildman–Crippen LogP) is 5.64. The van der Waals surface area contributed by atoms with E-state index in [1.54, 1.807) is 12.1 Å². The molecule has 2 N–H and O–H groups in total. The number of alkyl halides is 3. The highest BCUT2D eigenvalue weighted by Gasteiger charge is 2.31. The molecule has 0 saturated carbocycles. The fraction of sp³-hybridized carbons (Fsp3) is 0.296. The molecule has 4 rings (SSSR count). The standard InChI is InChI=1S/C27H27F3N2O2.ClH/c1-18-15-32(16-19-5-2-8-22(13-19)27(28,29)30)17-25-23(18)9-4-10-24(25)20-6-3-7-21(14-20)26(34)31-11-12-33;/h2-10,13-14,18,33H,11-12,15-17H2,1H3,(H,31,34);1H. The third-order valence-electron chi connectivity index (χ3n) is 6.15. The number of fused-ring (bicyclic) bond motifs is 1. The van der Waals surface area contributed by atoms with Gasteiger partial charge in [0.25, 0.3) is 5.91 Å². The normalized spacial score (nSPS) is 15.7. The van der Waals surface area contributed by atoms with Crippen molar-refractivity contribution in [1.82, 2.24) is 10.2 Å². The van der Waals surface area contributed by atoms with Crippen LogP contribution in [0.2, 0.25) is 0 Å². The van der Waals surface area contributed by atoms with Crippen molar-refractivity contribution < 1.29 is 23.1 Å². The Morgan fingerprint density at radius 2 is 1.83 bits per heavy atom. The van der Waals surface area contributed by atoms with E-state index in [0.29, 0.717) is 24.2 Å². The molecule has 1 unspecified atom stereocenters. The number of hydrogen-bond acceptors (Lipinski definition) is 3. The number of benzene rings is 3. The lowest BCUT2D eigenvalue weighted by Crippen LogP contribution is -2.32. The second kappa shape index (κ2) is 11.2. The zero-order chi connectivity index (χ0) is 24.3. The summed E-state index contributed by atoms with van der Waals surface area (Å²) in [6.45, 7) is 3.96. The highest BCUT2D eigenvalue weighted by molar-refractivity contribution is 5.95. The molecular formula is C27H28ClF3N2O2. The summed E-state index contributed by atoms with van der Waals surface area (Å²) in [6, 6.07) is 19.0. The Balaban J connectivity index is 0.00000342. The summed E-state index contributed by atoms with van der Waals surface area (Å²) < 4.78 is 39.4. The van der Waals surface area contributed by atoms with E-state index >= 15 is 0 Å². The van der Waals surface area contributed by atoms with Gasteiger partial charge in [0.15, 0.2) is 0 Å². The lowest BCUT2D eigenvalue weighted by Gasteiger charge is -2.34. The highest BCUT2D eigenvalue weighted by atomic mass is 35.5. The molecule has 0 bridgehead atoms. The van der Waals surface area contributed by atoms with Crippen LogP contribution in [0.3, 0.4) is 0 Å². The van der Waals surface area contributed by atoms with E-state index in [0.717, 1.165) is 29.3 Å². The van der Waals surface area contributed by atoms with Gasteiger partial charge in [0.1, 0.15) is 0 Å². The van der Waals surface area contributed by atoms with Gasteiger partial charge in [0.2, 0.25) is 0 Å². The Morgan fingerprint density at radius 1 is 1.09 bits per heavy atom. The van der Waals surface area contributed by atoms with Crippen LogP contribution >= 0.6 is 12.4 Å². The van der Waals surface area contributed by atoms with E-state index in [9.17, 15) is 18.0 Å². The van der Waals surface area contributed by atoms with Gasteiger partial charge < -0.3 is 10.4 Å². The van der Waals surface area contributed by atoms with Crippen LogP contribution in [0.1, 0.15) is 45.5 Å². The zero-order valence-corrected chi connectivity index (χ0v) is 20.1. The SMILES string of the molecule is CC1CN(Cc2cccc(C(F)(F)F)c2)Cc2c(-c3cccc(C(=O)NCCO)c3)cccc21.Cl. The monoisotopic (exact) mass is 504 g/mol. The van der Waals surface area contributed by atoms with Gasteiger partial charge in [-0.1, -0.05) is 55.5 Å². The van der Waals surface area contributed by atoms with Gasteiger partial charge in [0, 0.05) is 31.7 Å². The van der Waals surface area contributed by atoms with Crippen LogP contribution in [0.25, 0.3) is 11.1 Å². The molecular weight excluding hydrogens is 477 g/mol. The van der Waals surface area contributed by atoms with Crippen molar-refractivity contribution in [2.24, 2.45) is 0 Å². The Labute approximate surface area is 209 Å². The molecule has 1 amide bonds. The van der Waals surface area contributed by atoms with E-state index in [-0.39, 0.29) is 37.4 Å². The molecule has 35 heavy (non-hydrogen) atoms. The molecule has 3 aromatic carbocycles. The largest absolute Gasteiger partial charge is 0.416 e. The van der Waals surface area contributed by atoms with Crippen LogP contribution in [-0.2, 0) is 19.3 Å². The van der Waals surface area contributed by atoms with Crippen LogP contribution < -0.4 is 5.32 Å². The smallest absolute Gasteiger partial charge is 0.395 e. The lowest BCUT2D eigenvalue weighted by atomic mass is 9.85. The third kappa shape index (κ3) is 6.23. The van der Waals surface area contributed by atoms with Crippen LogP contribution in [0.15, 0.2) is 66.7 Å². The number of hydrogen-bond donors (Lipinski definition) is 2. The summed E-state index contributed by atoms with van der Waals surface area (Å²) in [5, 5.41) is 11.6. The number of nitrogens with zero attached hydrogens (tertiary/aromatic N) is 1. The van der Waals surface area contributed by atoms with Gasteiger partial charge in [-0.3, -0.25) is 9.69 Å². The quantitative estimate of drug-likeness (QED) is 0.457. The molecule has 0 radical (unpaired) electrons. The Kier molecular flexibility index (Phi) is 8.59. The van der Waals surface area contributed by atoms with Crippen molar-refractivity contribution in [2.75, 3.05) is 19.7 Å². The first kappa shape index (κ1) is 26.7. The van der Waals surface area contributed by atoms with Crippen LogP contribution in [0.4, 0.5) is 13.2 Å². The molecule has 0 saturated heterocycles. The van der Waals surface area contributed by atoms with Crippen molar-refractivity contribution in [3.63, 3.8) is 0 Å². The first-order chi connectivity index (χ1) is 16.3. The van der Waals surface area contributed by atoms with Crippen molar-refractivity contribution in [3.8, 4) is 11.1 Å². The molecule has 8 heteroatoms. The number of nitrogens with one attached hydrogen (secondary N) is 1. The van der Waals surface area contributed by atoms with Crippen molar-refractivity contribution in [1.29, 1.82) is 0 Å². The molecule has 4 nitrogen and oxygen atoms in total. The number of carbonyl (C=O) groups excluding carboxylic acids is 1. The van der Waals surface area contributed by atoms with Crippen LogP contribution in [-0.4, -0.2) is 35.6 Å². The van der Waals surface area contributed by atoms with Gasteiger partial charge in [-0.05, 0) is 51.9 Å². The average Bonchev–Trinajstić information content (AvgIpc) is 2.82. The number of carbonyl (C=O) groups is 1. The van der Waals surface area contributed by atoms with Gasteiger partial charge >= 0.3 is 6.18 Å². The molecule has 0 spiro atoms. The fourth-order valence-corrected chi connectivity index (χ4v) is 4.61. The van der Waals surface area contributed by atoms with Crippen molar-refractivity contribution in [3.05, 3.63) is 94.5 Å². The van der Waals surface area contributed by atoms with E-state index in [1.165, 1.54) is 17.7 Å². The van der Waals surface area contributed by atoms with Gasteiger partial charge in [-0.2, -0.15) is 13.2 Å². The predicted molar refractivity (Wildman–Crippen MR) is 133 cm³/mol. The van der Waals surface area contributed by atoms with Gasteiger partial charge in [0.05, 0.1) is 12.2 Å². The van der Waals surface area contributed by atoms with Crippen molar-refractivity contribution >= 4 is 18.3 Å². The maximum Gasteiger partial charge on any atom is 0.416 e. The number of rotatable bonds is 6. The number of halogens is 4. The first-order valence-electron chi connectivity index (χ1n) is 11.3. The minimum absolute atomic E-state index is 0. The topological polar surface area (TPSA) is 52.6 Å². The molecule has 1 heterocycles. The van der Waals surface area contributed by atoms with E-state index in [1.807, 2.05) is 30.3 Å². The lowest BCUT2D eigenvalue weighted by molar-refractivity contribution is -0.137. The maximum atomic E-state index is 13.1. The summed E-state index contributed by atoms with van der Waals surface area (Å²) in [7, 11) is 0. The number of amides is 1. The summed E-state index contributed by atoms with van der Waals surface area (Å²) in [5.74, 6) is -0.0363. The average molecular weight is 505 g/mol. The molecule has 186 valence electrons. The maximum absolute atomic E-state index is 13.1. The Bertz CT molecular complexity index is 1180.